The van der Waals surface area contributed by atoms with Crippen LogP contribution in [0.4, 0.5) is 13.2 Å². The van der Waals surface area contributed by atoms with Gasteiger partial charge in [-0.3, -0.25) is 4.57 Å². The highest BCUT2D eigenvalue weighted by molar-refractivity contribution is 7.53. The van der Waals surface area contributed by atoms with Gasteiger partial charge in [0.1, 0.15) is 5.75 Å². The molecule has 0 fully saturated rings. The van der Waals surface area contributed by atoms with Gasteiger partial charge in [0.05, 0.1) is 19.4 Å². The van der Waals surface area contributed by atoms with Gasteiger partial charge in [0.15, 0.2) is 0 Å². The van der Waals surface area contributed by atoms with Gasteiger partial charge >= 0.3 is 14.0 Å². The van der Waals surface area contributed by atoms with Gasteiger partial charge in [0, 0.05) is 0 Å². The highest BCUT2D eigenvalue weighted by Crippen LogP contribution is 2.51. The number of benzene rings is 1. The summed E-state index contributed by atoms with van der Waals surface area (Å²) in [7, 11) is -3.26. The lowest BCUT2D eigenvalue weighted by Gasteiger charge is -2.17. The average molecular weight is 312 g/mol. The average Bonchev–Trinajstić information content (AvgIpc) is 2.30. The lowest BCUT2D eigenvalue weighted by atomic mass is 10.2. The predicted octanol–water partition coefficient (Wildman–Crippen LogP) is 4.35. The molecule has 1 rings (SSSR count). The Balaban J connectivity index is 2.75. The molecule has 0 saturated carbocycles. The van der Waals surface area contributed by atoms with Crippen LogP contribution in [0.1, 0.15) is 19.4 Å². The zero-order chi connectivity index (χ0) is 15.2. The minimum atomic E-state index is -4.73. The molecule has 0 aliphatic rings. The van der Waals surface area contributed by atoms with E-state index >= 15 is 0 Å². The first-order chi connectivity index (χ1) is 9.28. The summed E-state index contributed by atoms with van der Waals surface area (Å²) >= 11 is 0. The molecule has 0 unspecified atom stereocenters. The van der Waals surface area contributed by atoms with Crippen molar-refractivity contribution < 1.29 is 31.5 Å². The molecule has 0 heterocycles. The second-order valence-electron chi connectivity index (χ2n) is 3.80. The van der Waals surface area contributed by atoms with Crippen molar-refractivity contribution in [1.29, 1.82) is 0 Å². The Morgan fingerprint density at radius 3 is 1.95 bits per heavy atom. The second kappa shape index (κ2) is 7.11. The number of hydrogen-bond donors (Lipinski definition) is 0. The number of halogens is 3. The fourth-order valence-electron chi connectivity index (χ4n) is 1.54. The van der Waals surface area contributed by atoms with Crippen molar-refractivity contribution in [2.45, 2.75) is 26.4 Å². The predicted molar refractivity (Wildman–Crippen MR) is 67.7 cm³/mol. The smallest absolute Gasteiger partial charge is 0.406 e. The zero-order valence-electron chi connectivity index (χ0n) is 11.1. The van der Waals surface area contributed by atoms with Crippen molar-refractivity contribution in [2.75, 3.05) is 13.2 Å². The van der Waals surface area contributed by atoms with E-state index in [0.717, 1.165) is 12.1 Å². The van der Waals surface area contributed by atoms with E-state index in [2.05, 4.69) is 4.74 Å². The summed E-state index contributed by atoms with van der Waals surface area (Å²) in [5, 5.41) is 0. The van der Waals surface area contributed by atoms with E-state index in [1.54, 1.807) is 13.8 Å². The molecule has 0 bridgehead atoms. The topological polar surface area (TPSA) is 44.8 Å². The maximum absolute atomic E-state index is 12.2. The summed E-state index contributed by atoms with van der Waals surface area (Å²) in [6, 6.07) is 5.10. The monoisotopic (exact) mass is 312 g/mol. The second-order valence-corrected chi connectivity index (χ2v) is 5.85. The molecule has 0 saturated heterocycles. The van der Waals surface area contributed by atoms with Crippen LogP contribution in [0.2, 0.25) is 0 Å². The normalized spacial score (nSPS) is 12.4. The van der Waals surface area contributed by atoms with E-state index in [1.807, 2.05) is 0 Å². The molecule has 4 nitrogen and oxygen atoms in total. The van der Waals surface area contributed by atoms with Crippen molar-refractivity contribution in [3.05, 3.63) is 29.8 Å². The van der Waals surface area contributed by atoms with Crippen LogP contribution >= 0.6 is 7.60 Å². The Labute approximate surface area is 115 Å². The molecule has 0 aromatic heterocycles. The van der Waals surface area contributed by atoms with Gasteiger partial charge in [0.25, 0.3) is 0 Å². The van der Waals surface area contributed by atoms with Gasteiger partial charge in [-0.1, -0.05) is 12.1 Å². The standard InChI is InChI=1S/C12H16F3O4P/c1-3-17-20(16,18-4-2)9-10-5-7-11(8-6-10)19-12(13,14)15/h5-8H,3-4,9H2,1-2H3. The maximum Gasteiger partial charge on any atom is 0.573 e. The molecule has 8 heteroatoms. The molecule has 0 aliphatic heterocycles. The maximum atomic E-state index is 12.2. The van der Waals surface area contributed by atoms with Crippen molar-refractivity contribution >= 4 is 7.60 Å². The van der Waals surface area contributed by atoms with Crippen LogP contribution in [-0.2, 0) is 19.8 Å². The first-order valence-corrected chi connectivity index (χ1v) is 7.73. The van der Waals surface area contributed by atoms with Gasteiger partial charge in [-0.05, 0) is 31.5 Å². The van der Waals surface area contributed by atoms with Crippen molar-refractivity contribution in [1.82, 2.24) is 0 Å². The van der Waals surface area contributed by atoms with E-state index in [-0.39, 0.29) is 25.1 Å². The number of hydrogen-bond acceptors (Lipinski definition) is 4. The van der Waals surface area contributed by atoms with Crippen LogP contribution in [0.3, 0.4) is 0 Å². The first-order valence-electron chi connectivity index (χ1n) is 6.01. The summed E-state index contributed by atoms with van der Waals surface area (Å²) < 4.78 is 62.2. The van der Waals surface area contributed by atoms with E-state index in [4.69, 9.17) is 9.05 Å². The summed E-state index contributed by atoms with van der Waals surface area (Å²) in [4.78, 5) is 0. The Hall–Kier alpha value is -1.04. The lowest BCUT2D eigenvalue weighted by Crippen LogP contribution is -2.17. The summed E-state index contributed by atoms with van der Waals surface area (Å²) in [6.07, 6.45) is -4.73. The molecule has 0 spiro atoms. The van der Waals surface area contributed by atoms with E-state index < -0.39 is 14.0 Å². The van der Waals surface area contributed by atoms with Crippen LogP contribution in [0.25, 0.3) is 0 Å². The summed E-state index contributed by atoms with van der Waals surface area (Å²) in [5.41, 5.74) is 0.546. The summed E-state index contributed by atoms with van der Waals surface area (Å²) in [5.74, 6) is -0.330. The number of alkyl halides is 3. The fourth-order valence-corrected chi connectivity index (χ4v) is 3.24. The SMILES string of the molecule is CCOP(=O)(Cc1ccc(OC(F)(F)F)cc1)OCC. The van der Waals surface area contributed by atoms with Gasteiger partial charge in [0.2, 0.25) is 0 Å². The van der Waals surface area contributed by atoms with Crippen LogP contribution in [0.15, 0.2) is 24.3 Å². The molecule has 1 aromatic carbocycles. The molecule has 0 atom stereocenters. The van der Waals surface area contributed by atoms with Crippen LogP contribution in [-0.4, -0.2) is 19.6 Å². The van der Waals surface area contributed by atoms with E-state index in [0.29, 0.717) is 5.56 Å². The molecule has 0 N–H and O–H groups in total. The third kappa shape index (κ3) is 5.94. The van der Waals surface area contributed by atoms with Gasteiger partial charge in [-0.2, -0.15) is 0 Å². The summed E-state index contributed by atoms with van der Waals surface area (Å²) in [6.45, 7) is 3.83. The van der Waals surface area contributed by atoms with Crippen LogP contribution in [0, 0.1) is 0 Å². The highest BCUT2D eigenvalue weighted by atomic mass is 31.2. The number of rotatable bonds is 7. The minimum Gasteiger partial charge on any atom is -0.406 e. The first kappa shape index (κ1) is 17.0. The van der Waals surface area contributed by atoms with Crippen LogP contribution < -0.4 is 4.74 Å². The molecule has 1 aromatic rings. The quantitative estimate of drug-likeness (QED) is 0.702. The third-order valence-electron chi connectivity index (χ3n) is 2.18. The van der Waals surface area contributed by atoms with Gasteiger partial charge in [-0.15, -0.1) is 13.2 Å². The zero-order valence-corrected chi connectivity index (χ0v) is 12.0. The molecule has 114 valence electrons. The van der Waals surface area contributed by atoms with E-state index in [9.17, 15) is 17.7 Å². The number of ether oxygens (including phenoxy) is 1. The Morgan fingerprint density at radius 1 is 1.05 bits per heavy atom. The minimum absolute atomic E-state index is 0.000970. The molecule has 0 radical (unpaired) electrons. The highest BCUT2D eigenvalue weighted by Gasteiger charge is 2.31. The molecular formula is C12H16F3O4P. The van der Waals surface area contributed by atoms with Crippen molar-refractivity contribution in [3.63, 3.8) is 0 Å². The van der Waals surface area contributed by atoms with Crippen molar-refractivity contribution in [2.24, 2.45) is 0 Å². The Bertz CT molecular complexity index is 449. The molecule has 20 heavy (non-hydrogen) atoms. The third-order valence-corrected chi connectivity index (χ3v) is 4.24. The lowest BCUT2D eigenvalue weighted by molar-refractivity contribution is -0.274. The van der Waals surface area contributed by atoms with Gasteiger partial charge in [-0.25, -0.2) is 0 Å². The largest absolute Gasteiger partial charge is 0.573 e. The Morgan fingerprint density at radius 2 is 1.55 bits per heavy atom. The van der Waals surface area contributed by atoms with E-state index in [1.165, 1.54) is 12.1 Å². The van der Waals surface area contributed by atoms with Gasteiger partial charge < -0.3 is 13.8 Å². The molecular weight excluding hydrogens is 296 g/mol. The van der Waals surface area contributed by atoms with Crippen LogP contribution in [0.5, 0.6) is 5.75 Å². The Kier molecular flexibility index (Phi) is 6.05. The fraction of sp³-hybridized carbons (Fsp3) is 0.500. The molecule has 0 aliphatic carbocycles. The molecule has 0 amide bonds. The van der Waals surface area contributed by atoms with Crippen molar-refractivity contribution in [3.8, 4) is 5.75 Å².